The normalized spacial score (nSPS) is 21.4. The molecule has 2 bridgehead atoms. The van der Waals surface area contributed by atoms with Crippen LogP contribution in [-0.4, -0.2) is 63.6 Å². The number of carbonyl (C=O) groups excluding carboxylic acids is 1. The van der Waals surface area contributed by atoms with Crippen molar-refractivity contribution in [3.05, 3.63) is 76.3 Å². The maximum absolute atomic E-state index is 13.4. The van der Waals surface area contributed by atoms with Crippen molar-refractivity contribution in [1.82, 2.24) is 19.4 Å². The Labute approximate surface area is 243 Å². The molecule has 0 spiro atoms. The predicted octanol–water partition coefficient (Wildman–Crippen LogP) is 6.01. The van der Waals surface area contributed by atoms with Crippen LogP contribution in [0, 0.1) is 0 Å². The van der Waals surface area contributed by atoms with Crippen LogP contribution in [0.3, 0.4) is 0 Å². The van der Waals surface area contributed by atoms with E-state index in [2.05, 4.69) is 16.8 Å². The maximum atomic E-state index is 13.4. The minimum Gasteiger partial charge on any atom is -0.490 e. The molecule has 7 nitrogen and oxygen atoms in total. The lowest BCUT2D eigenvalue weighted by Gasteiger charge is -2.42. The first-order valence-electron chi connectivity index (χ1n) is 13.8. The van der Waals surface area contributed by atoms with E-state index in [1.54, 1.807) is 15.8 Å². The zero-order valence-corrected chi connectivity index (χ0v) is 24.5. The van der Waals surface area contributed by atoms with Gasteiger partial charge in [-0.15, -0.1) is 11.3 Å². The van der Waals surface area contributed by atoms with Crippen molar-refractivity contribution in [3.63, 3.8) is 0 Å². The quantitative estimate of drug-likeness (QED) is 0.270. The summed E-state index contributed by atoms with van der Waals surface area (Å²) in [6.07, 6.45) is 6.54. The van der Waals surface area contributed by atoms with Crippen LogP contribution >= 0.6 is 22.9 Å². The van der Waals surface area contributed by atoms with Gasteiger partial charge in [0.2, 0.25) is 5.91 Å². The van der Waals surface area contributed by atoms with Gasteiger partial charge in [0.1, 0.15) is 22.9 Å². The predicted molar refractivity (Wildman–Crippen MR) is 161 cm³/mol. The van der Waals surface area contributed by atoms with Crippen molar-refractivity contribution in [2.75, 3.05) is 14.1 Å². The number of nitrogens with zero attached hydrogens (tertiary/aromatic N) is 4. The Bertz CT molecular complexity index is 1570. The van der Waals surface area contributed by atoms with Crippen LogP contribution in [0.15, 0.2) is 65.7 Å². The first-order valence-corrected chi connectivity index (χ1v) is 15.0. The van der Waals surface area contributed by atoms with Crippen LogP contribution in [0.4, 0.5) is 0 Å². The van der Waals surface area contributed by atoms with Crippen LogP contribution in [-0.2, 0) is 4.79 Å². The van der Waals surface area contributed by atoms with Gasteiger partial charge >= 0.3 is 0 Å². The topological polar surface area (TPSA) is 67.7 Å². The third kappa shape index (κ3) is 5.28. The van der Waals surface area contributed by atoms with E-state index in [9.17, 15) is 9.59 Å². The lowest BCUT2D eigenvalue weighted by atomic mass is 9.96. The fourth-order valence-electron chi connectivity index (χ4n) is 6.25. The van der Waals surface area contributed by atoms with E-state index < -0.39 is 0 Å². The number of rotatable bonds is 7. The summed E-state index contributed by atoms with van der Waals surface area (Å²) < 4.78 is 8.63. The molecule has 2 aliphatic rings. The van der Waals surface area contributed by atoms with Gasteiger partial charge < -0.3 is 9.64 Å². The first kappa shape index (κ1) is 27.0. The molecule has 0 aliphatic carbocycles. The average Bonchev–Trinajstić information content (AvgIpc) is 3.49. The molecule has 0 N–H and O–H groups in total. The molecule has 2 aromatic heterocycles. The smallest absolute Gasteiger partial charge is 0.275 e. The number of hydrogen-bond donors (Lipinski definition) is 0. The van der Waals surface area contributed by atoms with Gasteiger partial charge in [0.15, 0.2) is 0 Å². The highest BCUT2D eigenvalue weighted by Gasteiger charge is 2.43. The summed E-state index contributed by atoms with van der Waals surface area (Å²) in [4.78, 5) is 35.4. The number of aromatic nitrogens is 2. The van der Waals surface area contributed by atoms with E-state index in [0.717, 1.165) is 47.6 Å². The lowest BCUT2D eigenvalue weighted by molar-refractivity contribution is -0.130. The largest absolute Gasteiger partial charge is 0.490 e. The molecule has 6 rings (SSSR count). The van der Waals surface area contributed by atoms with Gasteiger partial charge in [-0.05, 0) is 80.6 Å². The summed E-state index contributed by atoms with van der Waals surface area (Å²) in [5, 5.41) is 0.679. The number of thiophene rings is 1. The van der Waals surface area contributed by atoms with Crippen LogP contribution < -0.4 is 10.3 Å². The summed E-state index contributed by atoms with van der Waals surface area (Å²) in [7, 11) is 3.64. The van der Waals surface area contributed by atoms with Gasteiger partial charge in [0.05, 0.1) is 11.2 Å². The molecule has 2 fully saturated rings. The van der Waals surface area contributed by atoms with Gasteiger partial charge in [-0.1, -0.05) is 23.7 Å². The van der Waals surface area contributed by atoms with Crippen molar-refractivity contribution in [3.8, 4) is 21.9 Å². The van der Waals surface area contributed by atoms with Crippen LogP contribution in [0.5, 0.6) is 5.75 Å². The number of piperidine rings is 1. The second kappa shape index (κ2) is 11.0. The molecule has 4 aromatic rings. The molecular weight excluding hydrogens is 544 g/mol. The van der Waals surface area contributed by atoms with Gasteiger partial charge in [-0.2, -0.15) is 0 Å². The minimum absolute atomic E-state index is 0.0882. The second-order valence-corrected chi connectivity index (χ2v) is 12.6. The Morgan fingerprint density at radius 1 is 1.10 bits per heavy atom. The minimum atomic E-state index is -0.0882. The number of halogens is 1. The number of hydrogen-bond acceptors (Lipinski definition) is 6. The van der Waals surface area contributed by atoms with E-state index in [1.165, 1.54) is 11.3 Å². The molecule has 0 saturated carbocycles. The Morgan fingerprint density at radius 3 is 2.42 bits per heavy atom. The monoisotopic (exact) mass is 576 g/mol. The SMILES string of the molecule is CC(CC(=O)N(C)C)N1[C@@H]2CC[C@H]1CC(Oc1ccc(-n3cnc4cc(-c5ccc(Cl)cc5)sc4c3=O)cc1)C2. The van der Waals surface area contributed by atoms with Crippen LogP contribution in [0.25, 0.3) is 26.3 Å². The first-order chi connectivity index (χ1) is 19.3. The second-order valence-electron chi connectivity index (χ2n) is 11.1. The molecule has 2 unspecified atom stereocenters. The molecular formula is C31H33ClN4O3S. The van der Waals surface area contributed by atoms with Gasteiger partial charge in [-0.25, -0.2) is 4.98 Å². The summed E-state index contributed by atoms with van der Waals surface area (Å²) >= 11 is 7.47. The van der Waals surface area contributed by atoms with Crippen molar-refractivity contribution in [2.24, 2.45) is 0 Å². The summed E-state index contributed by atoms with van der Waals surface area (Å²) in [5.41, 5.74) is 2.37. The van der Waals surface area contributed by atoms with E-state index >= 15 is 0 Å². The molecule has 2 saturated heterocycles. The van der Waals surface area contributed by atoms with E-state index in [4.69, 9.17) is 16.3 Å². The zero-order valence-electron chi connectivity index (χ0n) is 22.9. The number of carbonyl (C=O) groups is 1. The zero-order chi connectivity index (χ0) is 28.0. The summed E-state index contributed by atoms with van der Waals surface area (Å²) in [6.45, 7) is 2.18. The Balaban J connectivity index is 1.14. The van der Waals surface area contributed by atoms with Crippen molar-refractivity contribution in [1.29, 1.82) is 0 Å². The molecule has 4 atom stereocenters. The number of benzene rings is 2. The number of amides is 1. The van der Waals surface area contributed by atoms with E-state index in [-0.39, 0.29) is 23.6 Å². The average molecular weight is 577 g/mol. The Kier molecular flexibility index (Phi) is 7.42. The molecule has 1 amide bonds. The number of ether oxygens (including phenoxy) is 1. The Hall–Kier alpha value is -3.20. The van der Waals surface area contributed by atoms with Crippen molar-refractivity contribution in [2.45, 2.75) is 63.3 Å². The third-order valence-electron chi connectivity index (χ3n) is 8.21. The highest BCUT2D eigenvalue weighted by Crippen LogP contribution is 2.39. The molecule has 208 valence electrons. The standard InChI is InChI=1S/C31H33ClN4O3S/c1-19(14-29(37)34(2)3)36-23-8-9-24(36)16-26(15-23)39-25-12-10-22(11-13-25)35-18-33-27-17-28(40-30(27)31(35)38)20-4-6-21(32)7-5-20/h4-7,10-13,17-19,23-24,26H,8-9,14-16H2,1-3H3/t19?,23-,24+,26?. The molecule has 2 aromatic carbocycles. The third-order valence-corrected chi connectivity index (χ3v) is 9.62. The van der Waals surface area contributed by atoms with Gasteiger partial charge in [0, 0.05) is 48.5 Å². The van der Waals surface area contributed by atoms with Crippen LogP contribution in [0.1, 0.15) is 39.0 Å². The molecule has 40 heavy (non-hydrogen) atoms. The molecule has 9 heteroatoms. The van der Waals surface area contributed by atoms with Crippen molar-refractivity contribution >= 4 is 39.1 Å². The van der Waals surface area contributed by atoms with Crippen molar-refractivity contribution < 1.29 is 9.53 Å². The van der Waals surface area contributed by atoms with Gasteiger partial charge in [0.25, 0.3) is 5.56 Å². The highest BCUT2D eigenvalue weighted by atomic mass is 35.5. The molecule has 4 heterocycles. The fraction of sp³-hybridized carbons (Fsp3) is 0.387. The maximum Gasteiger partial charge on any atom is 0.275 e. The van der Waals surface area contributed by atoms with Gasteiger partial charge in [-0.3, -0.25) is 19.1 Å². The Morgan fingerprint density at radius 2 is 1.77 bits per heavy atom. The highest BCUT2D eigenvalue weighted by molar-refractivity contribution is 7.22. The van der Waals surface area contributed by atoms with Crippen LogP contribution in [0.2, 0.25) is 5.02 Å². The van der Waals surface area contributed by atoms with E-state index in [1.807, 2.05) is 68.7 Å². The fourth-order valence-corrected chi connectivity index (χ4v) is 7.42. The lowest BCUT2D eigenvalue weighted by Crippen LogP contribution is -2.51. The summed E-state index contributed by atoms with van der Waals surface area (Å²) in [5.74, 6) is 0.987. The van der Waals surface area contributed by atoms with E-state index in [0.29, 0.717) is 33.7 Å². The molecule has 2 aliphatic heterocycles. The summed E-state index contributed by atoms with van der Waals surface area (Å²) in [6, 6.07) is 18.4. The number of fused-ring (bicyclic) bond motifs is 3. The molecule has 0 radical (unpaired) electrons.